The lowest BCUT2D eigenvalue weighted by Crippen LogP contribution is -2.44. The Kier molecular flexibility index (Phi) is 9.43. The van der Waals surface area contributed by atoms with E-state index in [0.717, 1.165) is 12.0 Å². The van der Waals surface area contributed by atoms with Crippen LogP contribution in [0.25, 0.3) is 0 Å². The molecule has 0 aliphatic carbocycles. The lowest BCUT2D eigenvalue weighted by atomic mass is 9.99. The molecule has 1 saturated heterocycles. The lowest BCUT2D eigenvalue weighted by Gasteiger charge is -2.30. The molecule has 1 aliphatic heterocycles. The predicted molar refractivity (Wildman–Crippen MR) is 120 cm³/mol. The summed E-state index contributed by atoms with van der Waals surface area (Å²) in [4.78, 5) is 51.7. The molecule has 2 rings (SSSR count). The number of likely N-dealkylation sites (N-methyl/N-ethyl adjacent to an activating group) is 1. The maximum atomic E-state index is 13.1. The molecule has 0 radical (unpaired) electrons. The number of rotatable bonds is 10. The first-order valence-corrected chi connectivity index (χ1v) is 10.9. The van der Waals surface area contributed by atoms with Gasteiger partial charge in [-0.15, -0.1) is 0 Å². The van der Waals surface area contributed by atoms with Crippen LogP contribution in [0.2, 0.25) is 0 Å². The Morgan fingerprint density at radius 3 is 2.56 bits per heavy atom. The highest BCUT2D eigenvalue weighted by Gasteiger charge is 2.36. The highest BCUT2D eigenvalue weighted by atomic mass is 16.5. The fourth-order valence-electron chi connectivity index (χ4n) is 3.81. The third kappa shape index (κ3) is 6.67. The summed E-state index contributed by atoms with van der Waals surface area (Å²) >= 11 is 0. The Hall–Kier alpha value is -3.16. The van der Waals surface area contributed by atoms with Gasteiger partial charge in [0.15, 0.2) is 0 Å². The Labute approximate surface area is 189 Å². The highest BCUT2D eigenvalue weighted by molar-refractivity contribution is 5.96. The molecule has 1 aliphatic rings. The maximum Gasteiger partial charge on any atom is 0.329 e. The van der Waals surface area contributed by atoms with Gasteiger partial charge in [0.05, 0.1) is 12.6 Å². The molecule has 174 valence electrons. The number of nitrogens with zero attached hydrogens (tertiary/aromatic N) is 2. The first kappa shape index (κ1) is 25.1. The fourth-order valence-corrected chi connectivity index (χ4v) is 3.81. The van der Waals surface area contributed by atoms with Crippen molar-refractivity contribution in [3.05, 3.63) is 47.5 Å². The monoisotopic (exact) mass is 443 g/mol. The van der Waals surface area contributed by atoms with Gasteiger partial charge in [0.1, 0.15) is 12.6 Å². The van der Waals surface area contributed by atoms with Crippen LogP contribution < -0.4 is 5.32 Å². The second-order valence-electron chi connectivity index (χ2n) is 8.34. The number of esters is 1. The van der Waals surface area contributed by atoms with Gasteiger partial charge in [-0.1, -0.05) is 50.3 Å². The molecule has 1 aromatic rings. The van der Waals surface area contributed by atoms with Crippen LogP contribution in [0.3, 0.4) is 0 Å². The normalized spacial score (nSPS) is 17.1. The molecule has 2 atom stereocenters. The van der Waals surface area contributed by atoms with Crippen LogP contribution in [0, 0.1) is 5.92 Å². The third-order valence-electron chi connectivity index (χ3n) is 5.63. The second-order valence-corrected chi connectivity index (χ2v) is 8.34. The predicted octanol–water partition coefficient (Wildman–Crippen LogP) is 1.90. The Bertz CT molecular complexity index is 837. The van der Waals surface area contributed by atoms with E-state index in [0.29, 0.717) is 24.9 Å². The highest BCUT2D eigenvalue weighted by Crippen LogP contribution is 2.22. The van der Waals surface area contributed by atoms with Crippen LogP contribution in [-0.4, -0.2) is 66.2 Å². The first-order chi connectivity index (χ1) is 15.3. The average Bonchev–Trinajstić information content (AvgIpc) is 3.28. The molecule has 1 heterocycles. The number of carbonyl (C=O) groups excluding carboxylic acids is 4. The van der Waals surface area contributed by atoms with Crippen molar-refractivity contribution in [1.29, 1.82) is 0 Å². The number of nitrogens with one attached hydrogen (secondary N) is 1. The fraction of sp³-hybridized carbons (Fsp3) is 0.500. The van der Waals surface area contributed by atoms with Crippen molar-refractivity contribution >= 4 is 24.2 Å². The van der Waals surface area contributed by atoms with Crippen molar-refractivity contribution in [3.8, 4) is 0 Å². The average molecular weight is 444 g/mol. The first-order valence-electron chi connectivity index (χ1n) is 10.9. The van der Waals surface area contributed by atoms with Gasteiger partial charge in [0.2, 0.25) is 18.2 Å². The number of amides is 3. The van der Waals surface area contributed by atoms with Gasteiger partial charge in [-0.3, -0.25) is 14.4 Å². The van der Waals surface area contributed by atoms with Crippen LogP contribution in [0.1, 0.15) is 39.2 Å². The summed E-state index contributed by atoms with van der Waals surface area (Å²) in [6.07, 6.45) is 3.53. The number of carbonyl (C=O) groups is 4. The molecule has 0 spiro atoms. The van der Waals surface area contributed by atoms with Crippen molar-refractivity contribution in [1.82, 2.24) is 15.1 Å². The SMILES string of the molecule is C/C(=C\[C@H](C(C)C)N(C)C(=O)CNC=O)C(=O)N1CCCC1C(=O)OCc1ccccc1. The van der Waals surface area contributed by atoms with Crippen LogP contribution in [-0.2, 0) is 30.5 Å². The lowest BCUT2D eigenvalue weighted by molar-refractivity contribution is -0.153. The summed E-state index contributed by atoms with van der Waals surface area (Å²) in [5, 5.41) is 2.37. The Morgan fingerprint density at radius 1 is 1.25 bits per heavy atom. The van der Waals surface area contributed by atoms with Gasteiger partial charge in [-0.05, 0) is 31.2 Å². The van der Waals surface area contributed by atoms with Crippen LogP contribution >= 0.6 is 0 Å². The van der Waals surface area contributed by atoms with Gasteiger partial charge < -0.3 is 19.9 Å². The van der Waals surface area contributed by atoms with E-state index in [4.69, 9.17) is 4.74 Å². The molecule has 0 aromatic heterocycles. The quantitative estimate of drug-likeness (QED) is 0.339. The molecule has 0 bridgehead atoms. The van der Waals surface area contributed by atoms with E-state index < -0.39 is 12.0 Å². The summed E-state index contributed by atoms with van der Waals surface area (Å²) in [7, 11) is 1.65. The van der Waals surface area contributed by atoms with Gasteiger partial charge in [-0.25, -0.2) is 4.79 Å². The van der Waals surface area contributed by atoms with Gasteiger partial charge >= 0.3 is 5.97 Å². The summed E-state index contributed by atoms with van der Waals surface area (Å²) in [5.74, 6) is -0.842. The van der Waals surface area contributed by atoms with Crippen LogP contribution in [0.4, 0.5) is 0 Å². The standard InChI is InChI=1S/C24H33N3O5/c1-17(2)21(26(4)22(29)14-25-16-28)13-18(3)23(30)27-12-8-11-20(27)24(31)32-15-19-9-6-5-7-10-19/h5-7,9-10,13,16-17,20-21H,8,11-12,14-15H2,1-4H3,(H,25,28)/b18-13+/t20?,21-/m1/s1. The van der Waals surface area contributed by atoms with E-state index in [1.54, 1.807) is 24.9 Å². The summed E-state index contributed by atoms with van der Waals surface area (Å²) in [5.41, 5.74) is 1.36. The van der Waals surface area contributed by atoms with Crippen LogP contribution in [0.15, 0.2) is 42.0 Å². The molecule has 1 aromatic carbocycles. The zero-order chi connectivity index (χ0) is 23.7. The smallest absolute Gasteiger partial charge is 0.329 e. The topological polar surface area (TPSA) is 96.0 Å². The second kappa shape index (κ2) is 12.0. The molecule has 1 N–H and O–H groups in total. The third-order valence-corrected chi connectivity index (χ3v) is 5.63. The summed E-state index contributed by atoms with van der Waals surface area (Å²) < 4.78 is 5.46. The van der Waals surface area contributed by atoms with Crippen molar-refractivity contribution in [2.75, 3.05) is 20.1 Å². The number of hydrogen-bond donors (Lipinski definition) is 1. The molecule has 3 amide bonds. The molecular weight excluding hydrogens is 410 g/mol. The van der Waals surface area contributed by atoms with Crippen molar-refractivity contribution in [3.63, 3.8) is 0 Å². The number of hydrogen-bond acceptors (Lipinski definition) is 5. The minimum atomic E-state index is -0.608. The van der Waals surface area contributed by atoms with E-state index >= 15 is 0 Å². The number of ether oxygens (including phenoxy) is 1. The van der Waals surface area contributed by atoms with Gasteiger partial charge in [-0.2, -0.15) is 0 Å². The zero-order valence-corrected chi connectivity index (χ0v) is 19.2. The Balaban J connectivity index is 2.07. The number of benzene rings is 1. The molecule has 8 nitrogen and oxygen atoms in total. The van der Waals surface area contributed by atoms with Gasteiger partial charge in [0, 0.05) is 19.2 Å². The largest absolute Gasteiger partial charge is 0.459 e. The molecule has 32 heavy (non-hydrogen) atoms. The van der Waals surface area contributed by atoms with Crippen molar-refractivity contribution in [2.45, 2.75) is 52.3 Å². The minimum Gasteiger partial charge on any atom is -0.459 e. The van der Waals surface area contributed by atoms with E-state index in [9.17, 15) is 19.2 Å². The molecule has 0 saturated carbocycles. The van der Waals surface area contributed by atoms with E-state index in [1.165, 1.54) is 4.90 Å². The Morgan fingerprint density at radius 2 is 1.94 bits per heavy atom. The zero-order valence-electron chi connectivity index (χ0n) is 19.2. The van der Waals surface area contributed by atoms with Crippen LogP contribution in [0.5, 0.6) is 0 Å². The molecule has 1 unspecified atom stereocenters. The summed E-state index contributed by atoms with van der Waals surface area (Å²) in [6.45, 7) is 6.16. The molecule has 1 fully saturated rings. The van der Waals surface area contributed by atoms with Crippen molar-refractivity contribution < 1.29 is 23.9 Å². The van der Waals surface area contributed by atoms with Crippen molar-refractivity contribution in [2.24, 2.45) is 5.92 Å². The minimum absolute atomic E-state index is 0.0492. The molecule has 8 heteroatoms. The molecular formula is C24H33N3O5. The van der Waals surface area contributed by atoms with E-state index in [-0.39, 0.29) is 36.9 Å². The number of likely N-dealkylation sites (tertiary alicyclic amines) is 1. The van der Waals surface area contributed by atoms with E-state index in [1.807, 2.05) is 44.2 Å². The maximum absolute atomic E-state index is 13.1. The van der Waals surface area contributed by atoms with E-state index in [2.05, 4.69) is 5.32 Å². The summed E-state index contributed by atoms with van der Waals surface area (Å²) in [6, 6.07) is 8.48. The van der Waals surface area contributed by atoms with Gasteiger partial charge in [0.25, 0.3) is 0 Å².